The van der Waals surface area contributed by atoms with Gasteiger partial charge in [-0.3, -0.25) is 24.5 Å². The Labute approximate surface area is 174 Å². The number of benzene rings is 1. The van der Waals surface area contributed by atoms with Crippen LogP contribution in [0.5, 0.6) is 0 Å². The molecule has 2 N–H and O–H groups in total. The highest BCUT2D eigenvalue weighted by molar-refractivity contribution is 5.91. The molecule has 3 rings (SSSR count). The van der Waals surface area contributed by atoms with Crippen LogP contribution in [-0.4, -0.2) is 66.8 Å². The Morgan fingerprint density at radius 3 is 2.47 bits per heavy atom. The number of hydrogen-bond acceptors (Lipinski definition) is 6. The molecule has 1 aromatic rings. The number of anilines is 1. The number of nitrogens with one attached hydrogen (secondary N) is 2. The number of likely N-dealkylation sites (tertiary alicyclic amines) is 1. The summed E-state index contributed by atoms with van der Waals surface area (Å²) in [4.78, 5) is 51.1. The summed E-state index contributed by atoms with van der Waals surface area (Å²) in [5.74, 6) is -0.882. The fourth-order valence-corrected chi connectivity index (χ4v) is 4.18. The SMILES string of the molecule is CNC(=O)C1CCCN1C(=O)CNC(=O)C1CCN(c2ccccc2[N+](=O)[O-])CC1. The zero-order chi connectivity index (χ0) is 21.7. The third-order valence-electron chi connectivity index (χ3n) is 5.82. The number of piperidine rings is 1. The van der Waals surface area contributed by atoms with E-state index in [0.29, 0.717) is 44.6 Å². The molecule has 0 aliphatic carbocycles. The topological polar surface area (TPSA) is 125 Å². The number of nitrogens with zero attached hydrogens (tertiary/aromatic N) is 3. The summed E-state index contributed by atoms with van der Waals surface area (Å²) in [7, 11) is 1.54. The van der Waals surface area contributed by atoms with Gasteiger partial charge in [-0.15, -0.1) is 0 Å². The predicted octanol–water partition coefficient (Wildman–Crippen LogP) is 0.664. The van der Waals surface area contributed by atoms with Crippen LogP contribution < -0.4 is 15.5 Å². The Kier molecular flexibility index (Phi) is 6.86. The summed E-state index contributed by atoms with van der Waals surface area (Å²) in [6.45, 7) is 1.45. The first-order chi connectivity index (χ1) is 14.4. The number of likely N-dealkylation sites (N-methyl/N-ethyl adjacent to an activating group) is 1. The van der Waals surface area contributed by atoms with Crippen molar-refractivity contribution in [2.45, 2.75) is 31.7 Å². The number of hydrogen-bond donors (Lipinski definition) is 2. The Balaban J connectivity index is 1.50. The van der Waals surface area contributed by atoms with Gasteiger partial charge >= 0.3 is 0 Å². The van der Waals surface area contributed by atoms with Gasteiger partial charge in [-0.1, -0.05) is 12.1 Å². The Morgan fingerprint density at radius 1 is 1.10 bits per heavy atom. The van der Waals surface area contributed by atoms with Crippen LogP contribution in [0.2, 0.25) is 0 Å². The lowest BCUT2D eigenvalue weighted by Crippen LogP contribution is -2.49. The Hall–Kier alpha value is -3.17. The maximum absolute atomic E-state index is 12.5. The van der Waals surface area contributed by atoms with E-state index in [1.54, 1.807) is 25.2 Å². The highest BCUT2D eigenvalue weighted by atomic mass is 16.6. The van der Waals surface area contributed by atoms with Crippen LogP contribution in [0.3, 0.4) is 0 Å². The molecule has 2 fully saturated rings. The summed E-state index contributed by atoms with van der Waals surface area (Å²) in [5.41, 5.74) is 0.619. The lowest BCUT2D eigenvalue weighted by atomic mass is 9.95. The van der Waals surface area contributed by atoms with E-state index in [4.69, 9.17) is 0 Å². The van der Waals surface area contributed by atoms with Crippen molar-refractivity contribution in [2.24, 2.45) is 5.92 Å². The van der Waals surface area contributed by atoms with Crippen LogP contribution >= 0.6 is 0 Å². The Bertz CT molecular complexity index is 822. The zero-order valence-corrected chi connectivity index (χ0v) is 17.0. The standard InChI is InChI=1S/C20H27N5O5/c1-21-20(28)17-7-4-10-24(17)18(26)13-22-19(27)14-8-11-23(12-9-14)15-5-2-3-6-16(15)25(29)30/h2-3,5-6,14,17H,4,7-13H2,1H3,(H,21,28)(H,22,27). The number of nitro groups is 1. The molecule has 0 spiro atoms. The number of rotatable bonds is 6. The summed E-state index contributed by atoms with van der Waals surface area (Å²) in [6, 6.07) is 6.12. The minimum absolute atomic E-state index is 0.0577. The van der Waals surface area contributed by atoms with Crippen LogP contribution in [0.1, 0.15) is 25.7 Å². The van der Waals surface area contributed by atoms with Crippen molar-refractivity contribution in [3.05, 3.63) is 34.4 Å². The number of amides is 3. The quantitative estimate of drug-likeness (QED) is 0.518. The molecule has 2 aliphatic heterocycles. The highest BCUT2D eigenvalue weighted by Crippen LogP contribution is 2.31. The largest absolute Gasteiger partial charge is 0.366 e. The summed E-state index contributed by atoms with van der Waals surface area (Å²) < 4.78 is 0. The summed E-state index contributed by atoms with van der Waals surface area (Å²) in [5, 5.41) is 16.5. The van der Waals surface area contributed by atoms with Crippen LogP contribution in [0.25, 0.3) is 0 Å². The summed E-state index contributed by atoms with van der Waals surface area (Å²) >= 11 is 0. The zero-order valence-electron chi connectivity index (χ0n) is 17.0. The molecule has 0 bridgehead atoms. The lowest BCUT2D eigenvalue weighted by Gasteiger charge is -2.32. The lowest BCUT2D eigenvalue weighted by molar-refractivity contribution is -0.384. The van der Waals surface area contributed by atoms with Gasteiger partial charge in [0.2, 0.25) is 17.7 Å². The number of carbonyl (C=O) groups is 3. The van der Waals surface area contributed by atoms with Crippen molar-refractivity contribution >= 4 is 29.1 Å². The van der Waals surface area contributed by atoms with Crippen LogP contribution in [0, 0.1) is 16.0 Å². The predicted molar refractivity (Wildman–Crippen MR) is 110 cm³/mol. The monoisotopic (exact) mass is 417 g/mol. The first-order valence-corrected chi connectivity index (χ1v) is 10.2. The minimum Gasteiger partial charge on any atom is -0.366 e. The fourth-order valence-electron chi connectivity index (χ4n) is 4.18. The van der Waals surface area contributed by atoms with Crippen molar-refractivity contribution in [3.63, 3.8) is 0 Å². The van der Waals surface area contributed by atoms with E-state index in [0.717, 1.165) is 6.42 Å². The maximum atomic E-state index is 12.5. The van der Waals surface area contributed by atoms with Crippen molar-refractivity contribution in [1.29, 1.82) is 0 Å². The van der Waals surface area contributed by atoms with Crippen molar-refractivity contribution in [1.82, 2.24) is 15.5 Å². The Morgan fingerprint density at radius 2 is 1.80 bits per heavy atom. The molecule has 0 aromatic heterocycles. The van der Waals surface area contributed by atoms with Crippen molar-refractivity contribution in [3.8, 4) is 0 Å². The van der Waals surface area contributed by atoms with E-state index in [-0.39, 0.29) is 35.9 Å². The van der Waals surface area contributed by atoms with Gasteiger partial charge in [0.15, 0.2) is 0 Å². The second-order valence-electron chi connectivity index (χ2n) is 7.58. The van der Waals surface area contributed by atoms with Crippen molar-refractivity contribution in [2.75, 3.05) is 38.1 Å². The molecule has 3 amide bonds. The summed E-state index contributed by atoms with van der Waals surface area (Å²) in [6.07, 6.45) is 2.50. The molecule has 2 saturated heterocycles. The van der Waals surface area contributed by atoms with E-state index in [1.807, 2.05) is 4.90 Å². The molecule has 1 unspecified atom stereocenters. The first kappa shape index (κ1) is 21.5. The molecule has 2 heterocycles. The molecular formula is C20H27N5O5. The second kappa shape index (κ2) is 9.55. The molecule has 162 valence electrons. The van der Waals surface area contributed by atoms with Gasteiger partial charge in [0.1, 0.15) is 11.7 Å². The van der Waals surface area contributed by atoms with E-state index < -0.39 is 11.0 Å². The maximum Gasteiger partial charge on any atom is 0.292 e. The third-order valence-corrected chi connectivity index (χ3v) is 5.82. The number of nitro benzene ring substituents is 1. The third kappa shape index (κ3) is 4.69. The molecule has 0 radical (unpaired) electrons. The van der Waals surface area contributed by atoms with Gasteiger partial charge < -0.3 is 20.4 Å². The van der Waals surface area contributed by atoms with Gasteiger partial charge in [-0.25, -0.2) is 0 Å². The van der Waals surface area contributed by atoms with Gasteiger partial charge in [-0.05, 0) is 31.7 Å². The molecular weight excluding hydrogens is 390 g/mol. The molecule has 1 aromatic carbocycles. The smallest absolute Gasteiger partial charge is 0.292 e. The van der Waals surface area contributed by atoms with E-state index in [1.165, 1.54) is 11.0 Å². The minimum atomic E-state index is -0.468. The molecule has 2 aliphatic rings. The van der Waals surface area contributed by atoms with Gasteiger partial charge in [0, 0.05) is 38.7 Å². The fraction of sp³-hybridized carbons (Fsp3) is 0.550. The van der Waals surface area contributed by atoms with E-state index in [2.05, 4.69) is 10.6 Å². The van der Waals surface area contributed by atoms with Gasteiger partial charge in [0.25, 0.3) is 5.69 Å². The average Bonchev–Trinajstić information content (AvgIpc) is 3.27. The van der Waals surface area contributed by atoms with E-state index >= 15 is 0 Å². The van der Waals surface area contributed by atoms with E-state index in [9.17, 15) is 24.5 Å². The molecule has 10 nitrogen and oxygen atoms in total. The molecule has 30 heavy (non-hydrogen) atoms. The molecule has 10 heteroatoms. The van der Waals surface area contributed by atoms with Gasteiger partial charge in [-0.2, -0.15) is 0 Å². The van der Waals surface area contributed by atoms with Crippen LogP contribution in [0.4, 0.5) is 11.4 Å². The van der Waals surface area contributed by atoms with Crippen molar-refractivity contribution < 1.29 is 19.3 Å². The molecule has 0 saturated carbocycles. The number of carbonyl (C=O) groups excluding carboxylic acids is 3. The second-order valence-corrected chi connectivity index (χ2v) is 7.58. The first-order valence-electron chi connectivity index (χ1n) is 10.2. The van der Waals surface area contributed by atoms with Crippen LogP contribution in [-0.2, 0) is 14.4 Å². The average molecular weight is 417 g/mol. The molecule has 1 atom stereocenters. The highest BCUT2D eigenvalue weighted by Gasteiger charge is 2.34. The normalized spacial score (nSPS) is 19.4. The van der Waals surface area contributed by atoms with Crippen LogP contribution in [0.15, 0.2) is 24.3 Å². The van der Waals surface area contributed by atoms with Gasteiger partial charge in [0.05, 0.1) is 11.5 Å². The number of para-hydroxylation sites is 2.